The van der Waals surface area contributed by atoms with Gasteiger partial charge in [0.2, 0.25) is 0 Å². The molecule has 2 rings (SSSR count). The topological polar surface area (TPSA) is 46.5 Å². The van der Waals surface area contributed by atoms with Gasteiger partial charge in [-0.25, -0.2) is 4.39 Å². The third-order valence-corrected chi connectivity index (χ3v) is 3.80. The SMILES string of the molecule is COc1c(F)ccc(Br)c1C1(CC(=O)O)CC1. The molecule has 92 valence electrons. The molecule has 0 bridgehead atoms. The second kappa shape index (κ2) is 4.29. The Balaban J connectivity index is 2.51. The highest BCUT2D eigenvalue weighted by atomic mass is 79.9. The van der Waals surface area contributed by atoms with Gasteiger partial charge in [0.05, 0.1) is 13.5 Å². The Morgan fingerprint density at radius 1 is 1.59 bits per heavy atom. The van der Waals surface area contributed by atoms with E-state index >= 15 is 0 Å². The Kier molecular flexibility index (Phi) is 3.12. The number of ether oxygens (including phenoxy) is 1. The van der Waals surface area contributed by atoms with Gasteiger partial charge in [-0.3, -0.25) is 4.79 Å². The number of methoxy groups -OCH3 is 1. The summed E-state index contributed by atoms with van der Waals surface area (Å²) in [6, 6.07) is 2.90. The monoisotopic (exact) mass is 302 g/mol. The van der Waals surface area contributed by atoms with Gasteiger partial charge in [-0.1, -0.05) is 15.9 Å². The first-order chi connectivity index (χ1) is 8.00. The maximum atomic E-state index is 13.6. The zero-order chi connectivity index (χ0) is 12.6. The number of aliphatic carboxylic acids is 1. The summed E-state index contributed by atoms with van der Waals surface area (Å²) in [6.07, 6.45) is 1.50. The van der Waals surface area contributed by atoms with Gasteiger partial charge in [0.15, 0.2) is 11.6 Å². The average molecular weight is 303 g/mol. The van der Waals surface area contributed by atoms with E-state index in [1.807, 2.05) is 0 Å². The smallest absolute Gasteiger partial charge is 0.304 e. The van der Waals surface area contributed by atoms with E-state index in [2.05, 4.69) is 15.9 Å². The summed E-state index contributed by atoms with van der Waals surface area (Å²) in [7, 11) is 1.39. The summed E-state index contributed by atoms with van der Waals surface area (Å²) in [6.45, 7) is 0. The largest absolute Gasteiger partial charge is 0.493 e. The predicted molar refractivity (Wildman–Crippen MR) is 63.8 cm³/mol. The molecule has 17 heavy (non-hydrogen) atoms. The number of hydrogen-bond donors (Lipinski definition) is 1. The molecule has 0 spiro atoms. The lowest BCUT2D eigenvalue weighted by Gasteiger charge is -2.19. The molecule has 1 fully saturated rings. The Labute approximate surface area is 107 Å². The molecule has 1 aromatic carbocycles. The highest BCUT2D eigenvalue weighted by Crippen LogP contribution is 2.56. The van der Waals surface area contributed by atoms with E-state index < -0.39 is 17.2 Å². The summed E-state index contributed by atoms with van der Waals surface area (Å²) in [4.78, 5) is 10.9. The Morgan fingerprint density at radius 3 is 2.71 bits per heavy atom. The van der Waals surface area contributed by atoms with Gasteiger partial charge in [0.25, 0.3) is 0 Å². The first-order valence-corrected chi connectivity index (χ1v) is 6.04. The molecular formula is C12H12BrFO3. The van der Waals surface area contributed by atoms with Crippen molar-refractivity contribution in [2.24, 2.45) is 0 Å². The normalized spacial score (nSPS) is 16.6. The van der Waals surface area contributed by atoms with Crippen LogP contribution in [0.15, 0.2) is 16.6 Å². The molecule has 0 amide bonds. The first-order valence-electron chi connectivity index (χ1n) is 5.24. The molecule has 1 N–H and O–H groups in total. The summed E-state index contributed by atoms with van der Waals surface area (Å²) < 4.78 is 19.4. The van der Waals surface area contributed by atoms with Crippen molar-refractivity contribution < 1.29 is 19.0 Å². The van der Waals surface area contributed by atoms with E-state index in [-0.39, 0.29) is 12.2 Å². The molecule has 0 aliphatic heterocycles. The molecule has 0 aromatic heterocycles. The van der Waals surface area contributed by atoms with Crippen LogP contribution >= 0.6 is 15.9 Å². The van der Waals surface area contributed by atoms with Crippen molar-refractivity contribution in [1.29, 1.82) is 0 Å². The highest BCUT2D eigenvalue weighted by molar-refractivity contribution is 9.10. The lowest BCUT2D eigenvalue weighted by Crippen LogP contribution is -2.15. The molecule has 1 saturated carbocycles. The van der Waals surface area contributed by atoms with Gasteiger partial charge >= 0.3 is 5.97 Å². The van der Waals surface area contributed by atoms with Gasteiger partial charge in [0.1, 0.15) is 0 Å². The van der Waals surface area contributed by atoms with Gasteiger partial charge in [-0.05, 0) is 25.0 Å². The van der Waals surface area contributed by atoms with Crippen LogP contribution in [-0.4, -0.2) is 18.2 Å². The second-order valence-corrected chi connectivity index (χ2v) is 5.14. The average Bonchev–Trinajstić information content (AvgIpc) is 3.00. The van der Waals surface area contributed by atoms with Crippen LogP contribution < -0.4 is 4.74 Å². The maximum Gasteiger partial charge on any atom is 0.304 e. The van der Waals surface area contributed by atoms with Crippen LogP contribution in [0.3, 0.4) is 0 Å². The Morgan fingerprint density at radius 2 is 2.24 bits per heavy atom. The molecular weight excluding hydrogens is 291 g/mol. The third-order valence-electron chi connectivity index (χ3n) is 3.14. The number of halogens is 2. The third kappa shape index (κ3) is 2.16. The summed E-state index contributed by atoms with van der Waals surface area (Å²) in [5, 5.41) is 8.92. The lowest BCUT2D eigenvalue weighted by molar-refractivity contribution is -0.137. The molecule has 3 nitrogen and oxygen atoms in total. The van der Waals surface area contributed by atoms with Crippen molar-refractivity contribution in [3.63, 3.8) is 0 Å². The van der Waals surface area contributed by atoms with E-state index in [9.17, 15) is 9.18 Å². The molecule has 0 saturated heterocycles. The highest BCUT2D eigenvalue weighted by Gasteiger charge is 2.49. The van der Waals surface area contributed by atoms with Gasteiger partial charge < -0.3 is 9.84 Å². The summed E-state index contributed by atoms with van der Waals surface area (Å²) in [5.41, 5.74) is 0.167. The second-order valence-electron chi connectivity index (χ2n) is 4.29. The van der Waals surface area contributed by atoms with Crippen molar-refractivity contribution >= 4 is 21.9 Å². The fourth-order valence-corrected chi connectivity index (χ4v) is 2.92. The summed E-state index contributed by atoms with van der Waals surface area (Å²) >= 11 is 3.35. The standard InChI is InChI=1S/C12H12BrFO3/c1-17-11-8(14)3-2-7(13)10(11)12(4-5-12)6-9(15)16/h2-3H,4-6H2,1H3,(H,15,16). The van der Waals surface area contributed by atoms with Crippen molar-refractivity contribution in [2.45, 2.75) is 24.7 Å². The molecule has 1 aliphatic rings. The van der Waals surface area contributed by atoms with Gasteiger partial charge in [-0.15, -0.1) is 0 Å². The van der Waals surface area contributed by atoms with E-state index in [0.717, 1.165) is 12.8 Å². The van der Waals surface area contributed by atoms with Crippen LogP contribution in [0.4, 0.5) is 4.39 Å². The van der Waals surface area contributed by atoms with Gasteiger partial charge in [0, 0.05) is 15.5 Å². The number of benzene rings is 1. The van der Waals surface area contributed by atoms with E-state index in [4.69, 9.17) is 9.84 Å². The van der Waals surface area contributed by atoms with Gasteiger partial charge in [-0.2, -0.15) is 0 Å². The number of hydrogen-bond acceptors (Lipinski definition) is 2. The zero-order valence-electron chi connectivity index (χ0n) is 9.30. The zero-order valence-corrected chi connectivity index (χ0v) is 10.9. The van der Waals surface area contributed by atoms with E-state index in [0.29, 0.717) is 10.0 Å². The molecule has 1 aromatic rings. The van der Waals surface area contributed by atoms with Crippen LogP contribution in [0.2, 0.25) is 0 Å². The quantitative estimate of drug-likeness (QED) is 0.929. The molecule has 0 unspecified atom stereocenters. The van der Waals surface area contributed by atoms with E-state index in [1.165, 1.54) is 13.2 Å². The summed E-state index contributed by atoms with van der Waals surface area (Å²) in [5.74, 6) is -1.18. The minimum atomic E-state index is -0.874. The molecule has 0 radical (unpaired) electrons. The fourth-order valence-electron chi connectivity index (χ4n) is 2.18. The lowest BCUT2D eigenvalue weighted by atomic mass is 9.91. The fraction of sp³-hybridized carbons (Fsp3) is 0.417. The minimum absolute atomic E-state index is 0.00537. The first kappa shape index (κ1) is 12.4. The number of carbonyl (C=O) groups is 1. The number of carboxylic acids is 1. The maximum absolute atomic E-state index is 13.6. The molecule has 5 heteroatoms. The van der Waals surface area contributed by atoms with Crippen LogP contribution in [0, 0.1) is 5.82 Å². The van der Waals surface area contributed by atoms with Crippen molar-refractivity contribution in [3.8, 4) is 5.75 Å². The minimum Gasteiger partial charge on any atom is -0.493 e. The van der Waals surface area contributed by atoms with Crippen LogP contribution in [0.1, 0.15) is 24.8 Å². The molecule has 1 aliphatic carbocycles. The van der Waals surface area contributed by atoms with Crippen molar-refractivity contribution in [2.75, 3.05) is 7.11 Å². The number of carboxylic acid groups (broad SMARTS) is 1. The Hall–Kier alpha value is -1.10. The van der Waals surface area contributed by atoms with Crippen molar-refractivity contribution in [1.82, 2.24) is 0 Å². The van der Waals surface area contributed by atoms with Crippen LogP contribution in [0.5, 0.6) is 5.75 Å². The number of rotatable bonds is 4. The van der Waals surface area contributed by atoms with Crippen LogP contribution in [0.25, 0.3) is 0 Å². The molecule has 0 atom stereocenters. The predicted octanol–water partition coefficient (Wildman–Crippen LogP) is 3.10. The van der Waals surface area contributed by atoms with E-state index in [1.54, 1.807) is 6.07 Å². The van der Waals surface area contributed by atoms with Crippen LogP contribution in [-0.2, 0) is 10.2 Å². The molecule has 0 heterocycles. The van der Waals surface area contributed by atoms with Crippen molar-refractivity contribution in [3.05, 3.63) is 28.0 Å². The Bertz CT molecular complexity index is 469.